The molecule has 0 spiro atoms. The molecule has 4 unspecified atom stereocenters. The number of hydrogen-bond donors (Lipinski definition) is 6. The zero-order chi connectivity index (χ0) is 23.9. The smallest absolute Gasteiger partial charge is 0.255 e. The van der Waals surface area contributed by atoms with Crippen molar-refractivity contribution in [2.24, 2.45) is 17.6 Å². The molecule has 1 fully saturated rings. The topological polar surface area (TPSA) is 187 Å². The van der Waals surface area contributed by atoms with Crippen LogP contribution in [0.1, 0.15) is 17.5 Å². The molecule has 0 aliphatic heterocycles. The molecule has 3 aliphatic carbocycles. The van der Waals surface area contributed by atoms with E-state index in [9.17, 15) is 39.2 Å². The summed E-state index contributed by atoms with van der Waals surface area (Å²) in [6.07, 6.45) is -0.159. The van der Waals surface area contributed by atoms with Crippen molar-refractivity contribution >= 4 is 28.9 Å². The van der Waals surface area contributed by atoms with Gasteiger partial charge in [0.15, 0.2) is 11.4 Å². The van der Waals surface area contributed by atoms with Gasteiger partial charge in [0.25, 0.3) is 5.91 Å². The van der Waals surface area contributed by atoms with Crippen molar-refractivity contribution in [1.29, 1.82) is 0 Å². The number of likely N-dealkylation sites (N-methyl/N-ethyl adjacent to an activating group) is 1. The number of nitrogens with zero attached hydrogens (tertiary/aromatic N) is 1. The lowest BCUT2D eigenvalue weighted by Crippen LogP contribution is -2.65. The molecule has 1 aromatic rings. The third-order valence-electron chi connectivity index (χ3n) is 6.72. The summed E-state index contributed by atoms with van der Waals surface area (Å²) in [7, 11) is 3.00. The Labute approximate surface area is 181 Å². The number of halogens is 1. The van der Waals surface area contributed by atoms with E-state index < -0.39 is 69.6 Å². The van der Waals surface area contributed by atoms with Crippen molar-refractivity contribution in [1.82, 2.24) is 4.90 Å². The molecular weight excluding hydrogens is 425 g/mol. The highest BCUT2D eigenvalue weighted by atomic mass is 19.1. The minimum atomic E-state index is -2.72. The molecule has 1 amide bonds. The molecule has 4 atom stereocenters. The Balaban J connectivity index is 2.00. The number of Topliss-reactive ketones (excluding diaryl/α,β-unsaturated/α-hetero) is 2. The molecule has 8 N–H and O–H groups in total. The number of phenols is 1. The molecule has 11 heteroatoms. The number of aromatic hydroxyl groups is 1. The maximum atomic E-state index is 14.1. The number of carbonyl (C=O) groups excluding carboxylic acids is 3. The molecule has 3 aliphatic rings. The van der Waals surface area contributed by atoms with Gasteiger partial charge in [-0.3, -0.25) is 19.3 Å². The number of nitrogens with two attached hydrogens (primary N) is 2. The first-order valence-electron chi connectivity index (χ1n) is 9.78. The summed E-state index contributed by atoms with van der Waals surface area (Å²) in [6, 6.07) is -0.495. The van der Waals surface area contributed by atoms with Crippen LogP contribution >= 0.6 is 0 Å². The number of hydrogen-bond acceptors (Lipinski definition) is 9. The third-order valence-corrected chi connectivity index (χ3v) is 6.72. The molecule has 32 heavy (non-hydrogen) atoms. The number of nitrogen functional groups attached to an aromatic ring is 1. The zero-order valence-electron chi connectivity index (χ0n) is 17.2. The van der Waals surface area contributed by atoms with E-state index in [0.717, 1.165) is 0 Å². The Morgan fingerprint density at radius 3 is 2.44 bits per heavy atom. The van der Waals surface area contributed by atoms with Gasteiger partial charge < -0.3 is 31.9 Å². The molecule has 1 aromatic carbocycles. The molecule has 4 rings (SSSR count). The summed E-state index contributed by atoms with van der Waals surface area (Å²) in [6.45, 7) is 0. The number of amides is 1. The van der Waals surface area contributed by atoms with E-state index in [1.54, 1.807) is 0 Å². The molecule has 1 saturated carbocycles. The van der Waals surface area contributed by atoms with Crippen LogP contribution < -0.4 is 11.5 Å². The van der Waals surface area contributed by atoms with E-state index in [2.05, 4.69) is 0 Å². The molecule has 0 aromatic heterocycles. The molecule has 170 valence electrons. The van der Waals surface area contributed by atoms with Gasteiger partial charge in [0.1, 0.15) is 28.7 Å². The first-order chi connectivity index (χ1) is 14.8. The number of anilines is 1. The quantitative estimate of drug-likeness (QED) is 0.201. The normalized spacial score (nSPS) is 29.7. The highest BCUT2D eigenvalue weighted by molar-refractivity contribution is 6.24. The summed E-state index contributed by atoms with van der Waals surface area (Å²) < 4.78 is 14.1. The number of ketones is 2. The van der Waals surface area contributed by atoms with Crippen LogP contribution in [0.3, 0.4) is 0 Å². The summed E-state index contributed by atoms with van der Waals surface area (Å²) >= 11 is 0. The number of carbonyl (C=O) groups is 3. The predicted octanol–water partition coefficient (Wildman–Crippen LogP) is -0.315. The lowest BCUT2D eigenvalue weighted by atomic mass is 9.57. The summed E-state index contributed by atoms with van der Waals surface area (Å²) in [4.78, 5) is 39.7. The maximum absolute atomic E-state index is 14.1. The van der Waals surface area contributed by atoms with Crippen LogP contribution in [-0.2, 0) is 20.8 Å². The number of fused-ring (bicyclic) bond motifs is 3. The van der Waals surface area contributed by atoms with Gasteiger partial charge in [0, 0.05) is 17.6 Å². The second kappa shape index (κ2) is 6.78. The fraction of sp³-hybridized carbons (Fsp3) is 0.381. The van der Waals surface area contributed by atoms with Crippen LogP contribution in [0.25, 0.3) is 5.76 Å². The number of rotatable bonds is 2. The van der Waals surface area contributed by atoms with Crippen molar-refractivity contribution in [2.45, 2.75) is 24.5 Å². The summed E-state index contributed by atoms with van der Waals surface area (Å²) in [5, 5.41) is 43.2. The van der Waals surface area contributed by atoms with Gasteiger partial charge in [-0.2, -0.15) is 0 Å². The lowest BCUT2D eigenvalue weighted by molar-refractivity contribution is -0.153. The number of benzene rings is 1. The fourth-order valence-electron chi connectivity index (χ4n) is 5.31. The van der Waals surface area contributed by atoms with Crippen LogP contribution in [0.2, 0.25) is 0 Å². The number of phenolic OH excluding ortho intramolecular Hbond substituents is 1. The van der Waals surface area contributed by atoms with Crippen LogP contribution in [0.15, 0.2) is 23.0 Å². The van der Waals surface area contributed by atoms with Gasteiger partial charge in [-0.15, -0.1) is 0 Å². The summed E-state index contributed by atoms with van der Waals surface area (Å²) in [5.41, 5.74) is 6.66. The van der Waals surface area contributed by atoms with Crippen molar-refractivity contribution < 1.29 is 39.2 Å². The predicted molar refractivity (Wildman–Crippen MR) is 109 cm³/mol. The van der Waals surface area contributed by atoms with E-state index in [-0.39, 0.29) is 35.2 Å². The molecule has 0 radical (unpaired) electrons. The molecule has 0 bridgehead atoms. The first kappa shape index (κ1) is 21.8. The first-order valence-corrected chi connectivity index (χ1v) is 9.78. The average molecular weight is 447 g/mol. The Kier molecular flexibility index (Phi) is 4.61. The van der Waals surface area contributed by atoms with Gasteiger partial charge in [-0.05, 0) is 38.4 Å². The second-order valence-electron chi connectivity index (χ2n) is 8.61. The van der Waals surface area contributed by atoms with Crippen molar-refractivity contribution in [3.05, 3.63) is 39.9 Å². The van der Waals surface area contributed by atoms with Gasteiger partial charge in [0.05, 0.1) is 17.3 Å². The lowest BCUT2D eigenvalue weighted by Gasteiger charge is -2.50. The monoisotopic (exact) mass is 447 g/mol. The zero-order valence-corrected chi connectivity index (χ0v) is 17.2. The van der Waals surface area contributed by atoms with Gasteiger partial charge in [0.2, 0.25) is 5.78 Å². The maximum Gasteiger partial charge on any atom is 0.255 e. The fourth-order valence-corrected chi connectivity index (χ4v) is 5.31. The van der Waals surface area contributed by atoms with Crippen LogP contribution in [0.4, 0.5) is 10.1 Å². The van der Waals surface area contributed by atoms with E-state index >= 15 is 0 Å². The van der Waals surface area contributed by atoms with E-state index in [4.69, 9.17) is 11.5 Å². The Morgan fingerprint density at radius 2 is 1.88 bits per heavy atom. The Hall–Kier alpha value is -3.44. The number of primary amides is 1. The summed E-state index contributed by atoms with van der Waals surface area (Å²) in [5.74, 6) is -8.75. The van der Waals surface area contributed by atoms with Crippen LogP contribution in [0.5, 0.6) is 5.75 Å². The van der Waals surface area contributed by atoms with Crippen molar-refractivity contribution in [3.8, 4) is 5.75 Å². The van der Waals surface area contributed by atoms with Crippen LogP contribution in [0, 0.1) is 17.7 Å². The Morgan fingerprint density at radius 1 is 1.25 bits per heavy atom. The van der Waals surface area contributed by atoms with E-state index in [0.29, 0.717) is 6.07 Å². The largest absolute Gasteiger partial charge is 0.508 e. The third kappa shape index (κ3) is 2.55. The van der Waals surface area contributed by atoms with Gasteiger partial charge in [-0.1, -0.05) is 0 Å². The van der Waals surface area contributed by atoms with Crippen molar-refractivity contribution in [3.63, 3.8) is 0 Å². The van der Waals surface area contributed by atoms with E-state index in [1.165, 1.54) is 19.0 Å². The molecule has 0 heterocycles. The highest BCUT2D eigenvalue weighted by Crippen LogP contribution is 2.53. The molecule has 10 nitrogen and oxygen atoms in total. The second-order valence-corrected chi connectivity index (χ2v) is 8.61. The average Bonchev–Trinajstić information content (AvgIpc) is 2.68. The minimum absolute atomic E-state index is 0.0638. The SMILES string of the molecule is CN(C)C1C(=O)C(C(N)=O)=C(O)C2(O)C(=O)C3=C(O)c4c(O)cc(F)c(N)c4CC3CC12. The molecular formula is C21H22FN3O7. The van der Waals surface area contributed by atoms with Crippen LogP contribution in [-0.4, -0.2) is 68.5 Å². The van der Waals surface area contributed by atoms with Gasteiger partial charge in [-0.25, -0.2) is 4.39 Å². The standard InChI is InChI=1S/C21H22FN3O7/c1-25(2)15-8-4-6-3-7-12(10(26)5-9(22)14(7)23)16(27)11(6)18(29)21(8,32)19(30)13(17(15)28)20(24)31/h5-6,8,15,26-27,30,32H,3-4,23H2,1-2H3,(H2,24,31). The van der Waals surface area contributed by atoms with Crippen molar-refractivity contribution in [2.75, 3.05) is 19.8 Å². The van der Waals surface area contributed by atoms with E-state index in [1.807, 2.05) is 0 Å². The Bertz CT molecular complexity index is 1170. The molecule has 0 saturated heterocycles. The number of aliphatic hydroxyl groups is 3. The highest BCUT2D eigenvalue weighted by Gasteiger charge is 2.64. The van der Waals surface area contributed by atoms with Gasteiger partial charge >= 0.3 is 0 Å². The minimum Gasteiger partial charge on any atom is -0.508 e. The number of aliphatic hydroxyl groups excluding tert-OH is 2.